The number of hydrogen-bond donors (Lipinski definition) is 2. The first kappa shape index (κ1) is 16.3. The van der Waals surface area contributed by atoms with Gasteiger partial charge in [-0.2, -0.15) is 13.9 Å². The van der Waals surface area contributed by atoms with Crippen LogP contribution in [0.1, 0.15) is 17.7 Å². The maximum absolute atomic E-state index is 13.0. The lowest BCUT2D eigenvalue weighted by Gasteiger charge is -2.05. The van der Waals surface area contributed by atoms with Gasteiger partial charge < -0.3 is 5.73 Å². The molecular weight excluding hydrogens is 384 g/mol. The second-order valence-corrected chi connectivity index (χ2v) is 5.90. The molecule has 9 heteroatoms. The fraction of sp³-hybridized carbons (Fsp3) is 0.133. The molecule has 0 bridgehead atoms. The zero-order chi connectivity index (χ0) is 17.3. The van der Waals surface area contributed by atoms with Crippen molar-refractivity contribution in [1.29, 1.82) is 0 Å². The molecule has 0 aliphatic rings. The van der Waals surface area contributed by atoms with Gasteiger partial charge in [-0.3, -0.25) is 9.78 Å². The molecule has 24 heavy (non-hydrogen) atoms. The van der Waals surface area contributed by atoms with Gasteiger partial charge in [0.1, 0.15) is 11.4 Å². The van der Waals surface area contributed by atoms with Gasteiger partial charge >= 0.3 is 6.55 Å². The van der Waals surface area contributed by atoms with Gasteiger partial charge in [0.15, 0.2) is 0 Å². The summed E-state index contributed by atoms with van der Waals surface area (Å²) in [5, 5.41) is 3.87. The Morgan fingerprint density at radius 3 is 2.71 bits per heavy atom. The van der Waals surface area contributed by atoms with E-state index in [2.05, 4.69) is 31.0 Å². The number of nitrogens with two attached hydrogens (primary N) is 1. The molecule has 124 valence electrons. The van der Waals surface area contributed by atoms with E-state index < -0.39 is 12.1 Å². The van der Waals surface area contributed by atoms with Crippen LogP contribution in [-0.2, 0) is 6.42 Å². The van der Waals surface area contributed by atoms with Crippen LogP contribution in [0.15, 0.2) is 45.8 Å². The molecule has 0 amide bonds. The number of alkyl halides is 2. The van der Waals surface area contributed by atoms with Crippen LogP contribution >= 0.6 is 15.9 Å². The fourth-order valence-electron chi connectivity index (χ4n) is 2.32. The van der Waals surface area contributed by atoms with Gasteiger partial charge in [0.05, 0.1) is 0 Å². The van der Waals surface area contributed by atoms with Crippen molar-refractivity contribution in [1.82, 2.24) is 19.7 Å². The van der Waals surface area contributed by atoms with Crippen molar-refractivity contribution in [2.75, 3.05) is 5.73 Å². The van der Waals surface area contributed by atoms with Crippen molar-refractivity contribution in [2.24, 2.45) is 0 Å². The Morgan fingerprint density at radius 1 is 1.29 bits per heavy atom. The first-order valence-electron chi connectivity index (χ1n) is 6.91. The van der Waals surface area contributed by atoms with Gasteiger partial charge in [0, 0.05) is 28.7 Å². The van der Waals surface area contributed by atoms with E-state index in [-0.39, 0.29) is 17.3 Å². The minimum atomic E-state index is -2.80. The van der Waals surface area contributed by atoms with E-state index >= 15 is 0 Å². The molecule has 1 aromatic carbocycles. The summed E-state index contributed by atoms with van der Waals surface area (Å²) < 4.78 is 27.5. The molecule has 0 radical (unpaired) electrons. The molecule has 0 aliphatic heterocycles. The normalized spacial score (nSPS) is 11.2. The van der Waals surface area contributed by atoms with Crippen molar-refractivity contribution >= 4 is 21.9 Å². The van der Waals surface area contributed by atoms with E-state index in [0.29, 0.717) is 16.7 Å². The summed E-state index contributed by atoms with van der Waals surface area (Å²) in [6.07, 6.45) is 1.59. The molecule has 3 N–H and O–H groups in total. The van der Waals surface area contributed by atoms with E-state index in [0.717, 1.165) is 10.0 Å². The van der Waals surface area contributed by atoms with Crippen LogP contribution in [0.2, 0.25) is 0 Å². The number of anilines is 1. The van der Waals surface area contributed by atoms with E-state index in [1.54, 1.807) is 0 Å². The van der Waals surface area contributed by atoms with Crippen LogP contribution < -0.4 is 11.3 Å². The highest BCUT2D eigenvalue weighted by Gasteiger charge is 2.18. The summed E-state index contributed by atoms with van der Waals surface area (Å²) in [7, 11) is 0. The minimum absolute atomic E-state index is 0.101. The molecule has 3 rings (SSSR count). The molecular formula is C15H12BrF2N5O. The van der Waals surface area contributed by atoms with E-state index in [9.17, 15) is 13.6 Å². The van der Waals surface area contributed by atoms with Crippen LogP contribution in [0.3, 0.4) is 0 Å². The molecule has 0 spiro atoms. The monoisotopic (exact) mass is 395 g/mol. The predicted molar refractivity (Wildman–Crippen MR) is 88.7 cm³/mol. The maximum atomic E-state index is 13.0. The quantitative estimate of drug-likeness (QED) is 0.710. The standard InChI is InChI=1S/C15H12BrF2N5O/c16-10-4-2-1-3-8(10)5-9-7-23(14(17)18)22-13(9)11-6-12(24)21-15(19)20-11/h1-4,6-7,14H,5H2,(H3,19,20,21,24). The Bertz CT molecular complexity index is 938. The highest BCUT2D eigenvalue weighted by atomic mass is 79.9. The van der Waals surface area contributed by atoms with Crippen molar-refractivity contribution in [2.45, 2.75) is 13.0 Å². The summed E-state index contributed by atoms with van der Waals surface area (Å²) in [5.41, 5.74) is 6.81. The first-order valence-corrected chi connectivity index (χ1v) is 7.70. The Hall–Kier alpha value is -2.55. The third-order valence-electron chi connectivity index (χ3n) is 3.35. The molecule has 0 fully saturated rings. The summed E-state index contributed by atoms with van der Waals surface area (Å²) in [4.78, 5) is 17.9. The Balaban J connectivity index is 2.11. The first-order chi connectivity index (χ1) is 11.4. The van der Waals surface area contributed by atoms with E-state index in [1.165, 1.54) is 12.3 Å². The zero-order valence-electron chi connectivity index (χ0n) is 12.2. The summed E-state index contributed by atoms with van der Waals surface area (Å²) in [6.45, 7) is -2.80. The lowest BCUT2D eigenvalue weighted by molar-refractivity contribution is 0.0567. The van der Waals surface area contributed by atoms with Crippen molar-refractivity contribution in [3.05, 3.63) is 62.5 Å². The summed E-state index contributed by atoms with van der Waals surface area (Å²) in [5.74, 6) is -0.101. The minimum Gasteiger partial charge on any atom is -0.369 e. The van der Waals surface area contributed by atoms with Crippen LogP contribution in [-0.4, -0.2) is 19.7 Å². The number of benzene rings is 1. The Kier molecular flexibility index (Phi) is 4.43. The van der Waals surface area contributed by atoms with E-state index in [1.807, 2.05) is 24.3 Å². The number of H-pyrrole nitrogens is 1. The van der Waals surface area contributed by atoms with Crippen LogP contribution in [0.25, 0.3) is 11.4 Å². The highest BCUT2D eigenvalue weighted by Crippen LogP contribution is 2.27. The smallest absolute Gasteiger partial charge is 0.333 e. The van der Waals surface area contributed by atoms with Gasteiger partial charge in [-0.05, 0) is 11.6 Å². The number of nitrogens with zero attached hydrogens (tertiary/aromatic N) is 3. The average Bonchev–Trinajstić information content (AvgIpc) is 2.93. The zero-order valence-corrected chi connectivity index (χ0v) is 13.8. The second-order valence-electron chi connectivity index (χ2n) is 5.04. The lowest BCUT2D eigenvalue weighted by atomic mass is 10.0. The predicted octanol–water partition coefficient (Wildman–Crippen LogP) is 2.96. The molecule has 2 aromatic heterocycles. The molecule has 0 unspecified atom stereocenters. The number of hydrogen-bond acceptors (Lipinski definition) is 4. The number of aromatic nitrogens is 4. The highest BCUT2D eigenvalue weighted by molar-refractivity contribution is 9.10. The van der Waals surface area contributed by atoms with Gasteiger partial charge in [0.2, 0.25) is 5.95 Å². The van der Waals surface area contributed by atoms with Crippen molar-refractivity contribution in [3.63, 3.8) is 0 Å². The summed E-state index contributed by atoms with van der Waals surface area (Å²) in [6, 6.07) is 8.61. The van der Waals surface area contributed by atoms with Crippen LogP contribution in [0.4, 0.5) is 14.7 Å². The molecule has 3 aromatic rings. The third-order valence-corrected chi connectivity index (χ3v) is 4.12. The number of nitrogens with one attached hydrogen (secondary N) is 1. The molecule has 2 heterocycles. The maximum Gasteiger partial charge on any atom is 0.333 e. The second kappa shape index (κ2) is 6.52. The van der Waals surface area contributed by atoms with Crippen LogP contribution in [0, 0.1) is 0 Å². The Labute approximate surface area is 143 Å². The molecule has 0 aliphatic carbocycles. The van der Waals surface area contributed by atoms with Crippen molar-refractivity contribution < 1.29 is 8.78 Å². The molecule has 6 nitrogen and oxygen atoms in total. The van der Waals surface area contributed by atoms with Gasteiger partial charge in [-0.15, -0.1) is 0 Å². The lowest BCUT2D eigenvalue weighted by Crippen LogP contribution is -2.11. The van der Waals surface area contributed by atoms with Gasteiger partial charge in [-0.1, -0.05) is 34.1 Å². The number of rotatable bonds is 4. The van der Waals surface area contributed by atoms with Gasteiger partial charge in [0.25, 0.3) is 5.56 Å². The molecule has 0 atom stereocenters. The fourth-order valence-corrected chi connectivity index (χ4v) is 2.74. The van der Waals surface area contributed by atoms with Crippen molar-refractivity contribution in [3.8, 4) is 11.4 Å². The largest absolute Gasteiger partial charge is 0.369 e. The average molecular weight is 396 g/mol. The number of nitrogen functional groups attached to an aromatic ring is 1. The molecule has 0 saturated heterocycles. The van der Waals surface area contributed by atoms with E-state index in [4.69, 9.17) is 5.73 Å². The molecule has 0 saturated carbocycles. The Morgan fingerprint density at radius 2 is 2.04 bits per heavy atom. The number of aromatic amines is 1. The summed E-state index contributed by atoms with van der Waals surface area (Å²) >= 11 is 3.43. The topological polar surface area (TPSA) is 89.6 Å². The third kappa shape index (κ3) is 3.35. The number of halogens is 3. The van der Waals surface area contributed by atoms with Gasteiger partial charge in [-0.25, -0.2) is 9.67 Å². The SMILES string of the molecule is Nc1nc(-c2nn(C(F)F)cc2Cc2ccccc2Br)cc(=O)[nH]1. The van der Waals surface area contributed by atoms with Crippen LogP contribution in [0.5, 0.6) is 0 Å².